The van der Waals surface area contributed by atoms with Crippen molar-refractivity contribution in [3.8, 4) is 33.8 Å². The number of aromatic amines is 2. The predicted octanol–water partition coefficient (Wildman–Crippen LogP) is 7.56. The highest BCUT2D eigenvalue weighted by Crippen LogP contribution is 2.49. The van der Waals surface area contributed by atoms with Gasteiger partial charge in [-0.2, -0.15) is 0 Å². The van der Waals surface area contributed by atoms with Crippen LogP contribution in [0.25, 0.3) is 44.1 Å². The molecule has 6 nitrogen and oxygen atoms in total. The Morgan fingerprint density at radius 3 is 1.68 bits per heavy atom. The lowest BCUT2D eigenvalue weighted by atomic mass is 10.00. The summed E-state index contributed by atoms with van der Waals surface area (Å²) in [6.07, 6.45) is 3.98. The third-order valence-electron chi connectivity index (χ3n) is 8.24. The summed E-state index contributed by atoms with van der Waals surface area (Å²) in [4.78, 5) is 11.5. The molecule has 4 heterocycles. The molecule has 0 bridgehead atoms. The summed E-state index contributed by atoms with van der Waals surface area (Å²) in [5, 5.41) is 2.43. The number of morpholine rings is 1. The molecule has 1 saturated heterocycles. The summed E-state index contributed by atoms with van der Waals surface area (Å²) in [5.74, 6) is 1.78. The summed E-state index contributed by atoms with van der Waals surface area (Å²) in [7, 11) is 0. The van der Waals surface area contributed by atoms with Gasteiger partial charge >= 0.3 is 0 Å². The number of anilines is 2. The number of aromatic nitrogens is 2. The monoisotopic (exact) mass is 526 g/mol. The Hall–Kier alpha value is -4.52. The van der Waals surface area contributed by atoms with E-state index < -0.39 is 0 Å². The number of nitrogens with zero attached hydrogens (tertiary/aromatic N) is 2. The zero-order valence-corrected chi connectivity index (χ0v) is 22.2. The Morgan fingerprint density at radius 1 is 0.575 bits per heavy atom. The molecule has 40 heavy (non-hydrogen) atoms. The predicted molar refractivity (Wildman–Crippen MR) is 162 cm³/mol. The van der Waals surface area contributed by atoms with Gasteiger partial charge in [0.1, 0.15) is 0 Å². The third kappa shape index (κ3) is 4.13. The molecule has 2 aliphatic rings. The van der Waals surface area contributed by atoms with Gasteiger partial charge in [-0.1, -0.05) is 24.3 Å². The van der Waals surface area contributed by atoms with E-state index in [0.29, 0.717) is 0 Å². The molecule has 2 N–H and O–H groups in total. The molecular formula is C34H30N4O2. The number of hydrogen-bond donors (Lipinski definition) is 2. The van der Waals surface area contributed by atoms with Gasteiger partial charge in [-0.25, -0.2) is 0 Å². The van der Waals surface area contributed by atoms with Gasteiger partial charge in [0.2, 0.25) is 0 Å². The smallest absolute Gasteiger partial charge is 0.151 e. The first kappa shape index (κ1) is 23.4. The van der Waals surface area contributed by atoms with E-state index in [1.807, 2.05) is 12.4 Å². The van der Waals surface area contributed by atoms with Gasteiger partial charge in [-0.15, -0.1) is 0 Å². The van der Waals surface area contributed by atoms with Crippen LogP contribution in [0.15, 0.2) is 97.3 Å². The fraction of sp³-hybridized carbons (Fsp3) is 0.176. The highest BCUT2D eigenvalue weighted by atomic mass is 16.5. The molecule has 0 spiro atoms. The molecule has 2 aromatic heterocycles. The maximum atomic E-state index is 6.51. The van der Waals surface area contributed by atoms with Crippen LogP contribution in [0.4, 0.5) is 11.4 Å². The van der Waals surface area contributed by atoms with Crippen molar-refractivity contribution >= 4 is 33.2 Å². The average Bonchev–Trinajstić information content (AvgIpc) is 3.68. The Balaban J connectivity index is 1.20. The summed E-state index contributed by atoms with van der Waals surface area (Å²) in [5.41, 5.74) is 9.26. The Morgan fingerprint density at radius 2 is 1.10 bits per heavy atom. The zero-order chi connectivity index (χ0) is 26.5. The van der Waals surface area contributed by atoms with Crippen molar-refractivity contribution in [2.24, 2.45) is 0 Å². The number of benzene rings is 4. The van der Waals surface area contributed by atoms with E-state index >= 15 is 0 Å². The second-order valence-corrected chi connectivity index (χ2v) is 10.6. The molecule has 0 amide bonds. The van der Waals surface area contributed by atoms with Crippen LogP contribution in [-0.4, -0.2) is 54.3 Å². The highest BCUT2D eigenvalue weighted by Gasteiger charge is 2.26. The van der Waals surface area contributed by atoms with Crippen LogP contribution < -0.4 is 9.64 Å². The van der Waals surface area contributed by atoms with Gasteiger partial charge in [0, 0.05) is 49.6 Å². The van der Waals surface area contributed by atoms with E-state index in [9.17, 15) is 0 Å². The van der Waals surface area contributed by atoms with Crippen LogP contribution in [0.3, 0.4) is 0 Å². The fourth-order valence-corrected chi connectivity index (χ4v) is 6.01. The summed E-state index contributed by atoms with van der Waals surface area (Å²) < 4.78 is 12.1. The molecule has 6 aromatic rings. The van der Waals surface area contributed by atoms with Gasteiger partial charge in [-0.3, -0.25) is 4.90 Å². The molecule has 0 saturated carbocycles. The van der Waals surface area contributed by atoms with Crippen molar-refractivity contribution < 1.29 is 9.47 Å². The highest BCUT2D eigenvalue weighted by molar-refractivity contribution is 5.90. The van der Waals surface area contributed by atoms with Gasteiger partial charge in [-0.05, 0) is 93.7 Å². The molecule has 198 valence electrons. The number of nitrogens with one attached hydrogen (secondary N) is 2. The minimum absolute atomic E-state index is 0.799. The van der Waals surface area contributed by atoms with E-state index in [2.05, 4.69) is 105 Å². The number of ether oxygens (including phenoxy) is 2. The number of rotatable bonds is 5. The van der Waals surface area contributed by atoms with Crippen LogP contribution in [0.1, 0.15) is 0 Å². The van der Waals surface area contributed by atoms with Gasteiger partial charge in [0.15, 0.2) is 11.5 Å². The van der Waals surface area contributed by atoms with Gasteiger partial charge < -0.3 is 24.3 Å². The molecule has 8 rings (SSSR count). The Labute approximate surface area is 232 Å². The van der Waals surface area contributed by atoms with Crippen molar-refractivity contribution in [3.63, 3.8) is 0 Å². The Kier molecular flexibility index (Phi) is 5.60. The molecule has 0 unspecified atom stereocenters. The first-order chi connectivity index (χ1) is 19.8. The quantitative estimate of drug-likeness (QED) is 0.243. The van der Waals surface area contributed by atoms with Crippen molar-refractivity contribution in [2.45, 2.75) is 0 Å². The normalized spacial score (nSPS) is 15.2. The van der Waals surface area contributed by atoms with Crippen molar-refractivity contribution in [2.75, 3.05) is 44.3 Å². The Bertz CT molecular complexity index is 1720. The summed E-state index contributed by atoms with van der Waals surface area (Å²) >= 11 is 0. The van der Waals surface area contributed by atoms with Crippen LogP contribution in [0.5, 0.6) is 11.5 Å². The van der Waals surface area contributed by atoms with E-state index in [-0.39, 0.29) is 0 Å². The maximum Gasteiger partial charge on any atom is 0.151 e. The SMILES string of the molecule is c1cc2cc(-c3ccc4c(c3)N(CCN3CCOCC3)c3cc(-c5ccc6[nH]ccc6c5)ccc3O4)ccc2[nH]1. The maximum absolute atomic E-state index is 6.51. The zero-order valence-electron chi connectivity index (χ0n) is 22.2. The largest absolute Gasteiger partial charge is 0.453 e. The molecule has 1 fully saturated rings. The molecule has 0 atom stereocenters. The second kappa shape index (κ2) is 9.59. The molecule has 0 aliphatic carbocycles. The third-order valence-corrected chi connectivity index (χ3v) is 8.24. The van der Waals surface area contributed by atoms with Gasteiger partial charge in [0.25, 0.3) is 0 Å². The summed E-state index contributed by atoms with van der Waals surface area (Å²) in [6, 6.07) is 30.5. The molecule has 2 aliphatic heterocycles. The standard InChI is InChI=1S/C34H30N4O2/c1-5-29-27(9-11-35-29)19-23(1)25-3-7-33-31(21-25)38(14-13-37-15-17-39-18-16-37)32-22-26(4-8-34(32)40-33)24-2-6-30-28(20-24)10-12-36-30/h1-12,19-22,35-36H,13-18H2. The van der Waals surface area contributed by atoms with Crippen LogP contribution in [0, 0.1) is 0 Å². The lowest BCUT2D eigenvalue weighted by Gasteiger charge is -2.36. The average molecular weight is 527 g/mol. The van der Waals surface area contributed by atoms with E-state index in [0.717, 1.165) is 73.3 Å². The molecular weight excluding hydrogens is 496 g/mol. The van der Waals surface area contributed by atoms with Crippen LogP contribution >= 0.6 is 0 Å². The van der Waals surface area contributed by atoms with E-state index in [4.69, 9.17) is 9.47 Å². The first-order valence-electron chi connectivity index (χ1n) is 14.0. The fourth-order valence-electron chi connectivity index (χ4n) is 6.01. The second-order valence-electron chi connectivity index (χ2n) is 10.6. The summed E-state index contributed by atoms with van der Waals surface area (Å²) in [6.45, 7) is 5.36. The van der Waals surface area contributed by atoms with E-state index in [1.165, 1.54) is 33.0 Å². The van der Waals surface area contributed by atoms with Crippen molar-refractivity contribution in [1.82, 2.24) is 14.9 Å². The van der Waals surface area contributed by atoms with Crippen molar-refractivity contribution in [1.29, 1.82) is 0 Å². The van der Waals surface area contributed by atoms with Crippen LogP contribution in [0.2, 0.25) is 0 Å². The lowest BCUT2D eigenvalue weighted by Crippen LogP contribution is -2.41. The first-order valence-corrected chi connectivity index (χ1v) is 14.0. The van der Waals surface area contributed by atoms with Gasteiger partial charge in [0.05, 0.1) is 24.6 Å². The number of fused-ring (bicyclic) bond motifs is 4. The minimum Gasteiger partial charge on any atom is -0.453 e. The topological polar surface area (TPSA) is 56.5 Å². The molecule has 6 heteroatoms. The number of H-pyrrole nitrogens is 2. The van der Waals surface area contributed by atoms with Crippen LogP contribution in [-0.2, 0) is 4.74 Å². The van der Waals surface area contributed by atoms with E-state index in [1.54, 1.807) is 0 Å². The molecule has 0 radical (unpaired) electrons. The lowest BCUT2D eigenvalue weighted by molar-refractivity contribution is 0.0394. The number of hydrogen-bond acceptors (Lipinski definition) is 4. The van der Waals surface area contributed by atoms with Crippen molar-refractivity contribution in [3.05, 3.63) is 97.3 Å². The molecule has 4 aromatic carbocycles. The minimum atomic E-state index is 0.799.